The fourth-order valence-electron chi connectivity index (χ4n) is 5.63. The van der Waals surface area contributed by atoms with Gasteiger partial charge in [-0.2, -0.15) is 0 Å². The molecule has 3 nitrogen and oxygen atoms in total. The van der Waals surface area contributed by atoms with Gasteiger partial charge in [0.05, 0.1) is 5.52 Å². The first-order valence-corrected chi connectivity index (χ1v) is 15.4. The van der Waals surface area contributed by atoms with Crippen LogP contribution in [0.25, 0.3) is 22.2 Å². The first-order chi connectivity index (χ1) is 19.0. The smallest absolute Gasteiger partial charge is 0.164 e. The number of aliphatic hydroxyl groups excluding tert-OH is 1. The molecule has 1 aliphatic carbocycles. The number of carbonyl (C=O) groups is 1. The SMILES string of the molecule is CCC(C)(CC)C(=O)/C=C(\O)C(C)(CC)CC.Cc1[c-]c(-c2cc(C3CCCC3)c3ccccc3n2)cc(C)c1.[Ir]. The Kier molecular flexibility index (Phi) is 13.0. The molecule has 1 radical (unpaired) electrons. The van der Waals surface area contributed by atoms with Crippen molar-refractivity contribution in [2.24, 2.45) is 10.8 Å². The van der Waals surface area contributed by atoms with Crippen LogP contribution < -0.4 is 0 Å². The van der Waals surface area contributed by atoms with Crippen LogP contribution in [0.2, 0.25) is 0 Å². The molecule has 225 valence electrons. The summed E-state index contributed by atoms with van der Waals surface area (Å²) in [5.74, 6) is 0.973. The van der Waals surface area contributed by atoms with Crippen molar-refractivity contribution < 1.29 is 30.0 Å². The van der Waals surface area contributed by atoms with E-state index < -0.39 is 0 Å². The summed E-state index contributed by atoms with van der Waals surface area (Å²) in [5, 5.41) is 11.5. The van der Waals surface area contributed by atoms with Gasteiger partial charge in [0.25, 0.3) is 0 Å². The van der Waals surface area contributed by atoms with E-state index in [-0.39, 0.29) is 42.5 Å². The van der Waals surface area contributed by atoms with Gasteiger partial charge >= 0.3 is 0 Å². The van der Waals surface area contributed by atoms with Crippen LogP contribution in [0.1, 0.15) is 116 Å². The van der Waals surface area contributed by atoms with E-state index in [1.807, 2.05) is 41.5 Å². The minimum Gasteiger partial charge on any atom is -0.512 e. The molecule has 41 heavy (non-hydrogen) atoms. The van der Waals surface area contributed by atoms with Gasteiger partial charge in [0.1, 0.15) is 5.76 Å². The molecule has 0 amide bonds. The van der Waals surface area contributed by atoms with Gasteiger partial charge in [-0.3, -0.25) is 9.78 Å². The van der Waals surface area contributed by atoms with Gasteiger partial charge in [-0.05, 0) is 61.8 Å². The molecule has 0 spiro atoms. The molecule has 1 heterocycles. The van der Waals surface area contributed by atoms with Crippen molar-refractivity contribution in [3.05, 3.63) is 77.1 Å². The van der Waals surface area contributed by atoms with Gasteiger partial charge < -0.3 is 5.11 Å². The standard InChI is InChI=1S/C22H22N.C15H28O2.Ir/c1-15-11-16(2)13-18(12-15)22-14-20(17-7-3-4-8-17)19-9-5-6-10-21(19)23-22;1-7-14(5,8-2)12(16)11-13(17)15(6,9-3)10-4;/h5-6,9-12,14,17H,3-4,7-8H2,1-2H3;11,16H,7-10H2,1-6H3;/q-1;;/b;12-11-;. The number of hydrogen-bond acceptors (Lipinski definition) is 3. The van der Waals surface area contributed by atoms with Gasteiger partial charge in [-0.25, -0.2) is 0 Å². The van der Waals surface area contributed by atoms with E-state index in [9.17, 15) is 9.90 Å². The summed E-state index contributed by atoms with van der Waals surface area (Å²) in [7, 11) is 0. The molecule has 0 aliphatic heterocycles. The van der Waals surface area contributed by atoms with Crippen LogP contribution in [-0.4, -0.2) is 15.9 Å². The van der Waals surface area contributed by atoms with E-state index >= 15 is 0 Å². The number of fused-ring (bicyclic) bond motifs is 1. The van der Waals surface area contributed by atoms with Gasteiger partial charge in [0, 0.05) is 42.4 Å². The van der Waals surface area contributed by atoms with Crippen molar-refractivity contribution in [1.82, 2.24) is 4.98 Å². The molecule has 0 atom stereocenters. The Morgan fingerprint density at radius 1 is 0.951 bits per heavy atom. The molecule has 1 N–H and O–H groups in total. The van der Waals surface area contributed by atoms with Crippen LogP contribution in [0, 0.1) is 30.7 Å². The summed E-state index contributed by atoms with van der Waals surface area (Å²) in [6.07, 6.45) is 10.1. The number of aromatic nitrogens is 1. The number of para-hydroxylation sites is 1. The second-order valence-electron chi connectivity index (χ2n) is 12.3. The molecule has 2 aromatic carbocycles. The van der Waals surface area contributed by atoms with Crippen molar-refractivity contribution in [3.8, 4) is 11.3 Å². The monoisotopic (exact) mass is 733 g/mol. The fraction of sp³-hybridized carbons (Fsp3) is 0.514. The van der Waals surface area contributed by atoms with Crippen LogP contribution in [0.5, 0.6) is 0 Å². The number of ketones is 1. The van der Waals surface area contributed by atoms with Crippen LogP contribution in [0.3, 0.4) is 0 Å². The average Bonchev–Trinajstić information content (AvgIpc) is 3.50. The Morgan fingerprint density at radius 2 is 1.54 bits per heavy atom. The zero-order chi connectivity index (χ0) is 29.5. The number of allylic oxidation sites excluding steroid dienone is 2. The minimum absolute atomic E-state index is 0. The number of pyridine rings is 1. The number of hydrogen-bond donors (Lipinski definition) is 1. The molecular weight excluding hydrogens is 683 g/mol. The predicted octanol–water partition coefficient (Wildman–Crippen LogP) is 10.6. The summed E-state index contributed by atoms with van der Waals surface area (Å²) >= 11 is 0. The van der Waals surface area contributed by atoms with E-state index in [4.69, 9.17) is 4.98 Å². The quantitative estimate of drug-likeness (QED) is 0.135. The average molecular weight is 733 g/mol. The number of rotatable bonds is 9. The maximum absolute atomic E-state index is 12.2. The van der Waals surface area contributed by atoms with E-state index in [0.717, 1.165) is 42.5 Å². The second kappa shape index (κ2) is 15.3. The van der Waals surface area contributed by atoms with Crippen molar-refractivity contribution in [2.45, 2.75) is 113 Å². The van der Waals surface area contributed by atoms with Crippen molar-refractivity contribution in [3.63, 3.8) is 0 Å². The molecule has 4 rings (SSSR count). The molecule has 1 aliphatic rings. The Hall–Kier alpha value is -2.29. The van der Waals surface area contributed by atoms with Crippen LogP contribution in [-0.2, 0) is 24.9 Å². The third-order valence-corrected chi connectivity index (χ3v) is 9.57. The largest absolute Gasteiger partial charge is 0.512 e. The molecule has 0 saturated heterocycles. The third-order valence-electron chi connectivity index (χ3n) is 9.57. The zero-order valence-corrected chi connectivity index (χ0v) is 28.9. The summed E-state index contributed by atoms with van der Waals surface area (Å²) in [4.78, 5) is 17.1. The van der Waals surface area contributed by atoms with E-state index in [1.165, 1.54) is 53.8 Å². The summed E-state index contributed by atoms with van der Waals surface area (Å²) in [6.45, 7) is 16.3. The number of nitrogens with zero attached hydrogens (tertiary/aromatic N) is 1. The zero-order valence-electron chi connectivity index (χ0n) is 26.5. The van der Waals surface area contributed by atoms with Gasteiger partial charge in [-0.1, -0.05) is 92.5 Å². The molecular formula is C37H50IrNO2-. The van der Waals surface area contributed by atoms with Crippen molar-refractivity contribution >= 4 is 16.7 Å². The number of aliphatic hydroxyl groups is 1. The van der Waals surface area contributed by atoms with E-state index in [0.29, 0.717) is 5.92 Å². The first kappa shape index (κ1) is 34.9. The molecule has 1 saturated carbocycles. The Labute approximate surface area is 262 Å². The third kappa shape index (κ3) is 8.39. The Balaban J connectivity index is 0.000000296. The molecule has 1 aromatic heterocycles. The first-order valence-electron chi connectivity index (χ1n) is 15.4. The van der Waals surface area contributed by atoms with Crippen molar-refractivity contribution in [2.75, 3.05) is 0 Å². The Morgan fingerprint density at radius 3 is 2.10 bits per heavy atom. The Bertz CT molecular complexity index is 1310. The predicted molar refractivity (Wildman–Crippen MR) is 170 cm³/mol. The molecule has 0 unspecified atom stereocenters. The summed E-state index contributed by atoms with van der Waals surface area (Å²) < 4.78 is 0. The van der Waals surface area contributed by atoms with Gasteiger partial charge in [0.2, 0.25) is 0 Å². The van der Waals surface area contributed by atoms with Crippen LogP contribution >= 0.6 is 0 Å². The maximum atomic E-state index is 12.2. The number of benzene rings is 2. The molecule has 4 heteroatoms. The molecule has 3 aromatic rings. The molecule has 0 bridgehead atoms. The minimum atomic E-state index is -0.337. The van der Waals surface area contributed by atoms with Gasteiger partial charge in [-0.15, -0.1) is 34.9 Å². The normalized spacial score (nSPS) is 14.4. The van der Waals surface area contributed by atoms with Crippen molar-refractivity contribution in [1.29, 1.82) is 0 Å². The van der Waals surface area contributed by atoms with E-state index in [1.54, 1.807) is 0 Å². The number of aryl methyl sites for hydroxylation is 2. The van der Waals surface area contributed by atoms with E-state index in [2.05, 4.69) is 62.4 Å². The summed E-state index contributed by atoms with van der Waals surface area (Å²) in [6, 6.07) is 18.8. The molecule has 1 fully saturated rings. The topological polar surface area (TPSA) is 50.2 Å². The van der Waals surface area contributed by atoms with Crippen LogP contribution in [0.15, 0.2) is 54.3 Å². The van der Waals surface area contributed by atoms with Gasteiger partial charge in [0.15, 0.2) is 5.78 Å². The van der Waals surface area contributed by atoms with Crippen LogP contribution in [0.4, 0.5) is 0 Å². The number of carbonyl (C=O) groups excluding carboxylic acids is 1. The fourth-order valence-corrected chi connectivity index (χ4v) is 5.63. The maximum Gasteiger partial charge on any atom is 0.164 e. The second-order valence-corrected chi connectivity index (χ2v) is 12.3. The summed E-state index contributed by atoms with van der Waals surface area (Å²) in [5.41, 5.74) is 6.63.